The highest BCUT2D eigenvalue weighted by molar-refractivity contribution is 9.08. The molecule has 0 fully saturated rings. The van der Waals surface area contributed by atoms with E-state index in [4.69, 9.17) is 4.74 Å². The number of nitrogens with zero attached hydrogens (tertiary/aromatic N) is 2. The van der Waals surface area contributed by atoms with Crippen molar-refractivity contribution >= 4 is 21.7 Å². The Kier molecular flexibility index (Phi) is 2.40. The number of fused-ring (bicyclic) bond motifs is 1. The van der Waals surface area contributed by atoms with Crippen molar-refractivity contribution in [1.82, 2.24) is 4.98 Å². The summed E-state index contributed by atoms with van der Waals surface area (Å²) < 4.78 is 5.49. The number of anilines is 1. The lowest BCUT2D eigenvalue weighted by Crippen LogP contribution is -2.21. The maximum atomic E-state index is 5.49. The first-order chi connectivity index (χ1) is 6.35. The maximum Gasteiger partial charge on any atom is 0.174 e. The maximum absolute atomic E-state index is 5.49. The second kappa shape index (κ2) is 3.54. The van der Waals surface area contributed by atoms with Crippen molar-refractivity contribution in [3.05, 3.63) is 17.8 Å². The number of hydrogen-bond donors (Lipinski definition) is 0. The standard InChI is InChI=1S/C9H11BrN2O/c1-2-12-6-13-8-3-7(4-10)5-11-9(8)12/h3,5H,2,4,6H2,1H3. The van der Waals surface area contributed by atoms with Crippen molar-refractivity contribution in [3.8, 4) is 5.75 Å². The van der Waals surface area contributed by atoms with Crippen LogP contribution in [-0.4, -0.2) is 18.3 Å². The first-order valence-electron chi connectivity index (χ1n) is 4.27. The zero-order valence-electron chi connectivity index (χ0n) is 7.46. The Bertz CT molecular complexity index is 316. The van der Waals surface area contributed by atoms with Gasteiger partial charge < -0.3 is 9.64 Å². The van der Waals surface area contributed by atoms with E-state index >= 15 is 0 Å². The summed E-state index contributed by atoms with van der Waals surface area (Å²) in [7, 11) is 0. The number of halogens is 1. The highest BCUT2D eigenvalue weighted by Gasteiger charge is 2.20. The molecule has 3 nitrogen and oxygen atoms in total. The summed E-state index contributed by atoms with van der Waals surface area (Å²) in [4.78, 5) is 6.46. The number of ether oxygens (including phenoxy) is 1. The highest BCUT2D eigenvalue weighted by atomic mass is 79.9. The lowest BCUT2D eigenvalue weighted by Gasteiger charge is -2.11. The van der Waals surface area contributed by atoms with Gasteiger partial charge in [0, 0.05) is 18.1 Å². The molecule has 0 amide bonds. The van der Waals surface area contributed by atoms with Crippen molar-refractivity contribution in [2.75, 3.05) is 18.2 Å². The van der Waals surface area contributed by atoms with Crippen LogP contribution < -0.4 is 9.64 Å². The highest BCUT2D eigenvalue weighted by Crippen LogP contribution is 2.32. The third kappa shape index (κ3) is 1.50. The predicted octanol–water partition coefficient (Wildman–Crippen LogP) is 2.15. The van der Waals surface area contributed by atoms with Gasteiger partial charge in [0.25, 0.3) is 0 Å². The van der Waals surface area contributed by atoms with Gasteiger partial charge in [-0.2, -0.15) is 0 Å². The van der Waals surface area contributed by atoms with Crippen molar-refractivity contribution in [2.45, 2.75) is 12.3 Å². The van der Waals surface area contributed by atoms with Crippen LogP contribution in [0.25, 0.3) is 0 Å². The van der Waals surface area contributed by atoms with Crippen LogP contribution in [0.1, 0.15) is 12.5 Å². The normalized spacial score (nSPS) is 14.2. The third-order valence-corrected chi connectivity index (χ3v) is 2.75. The molecule has 0 bridgehead atoms. The molecular weight excluding hydrogens is 232 g/mol. The summed E-state index contributed by atoms with van der Waals surface area (Å²) in [5.41, 5.74) is 1.15. The number of rotatable bonds is 2. The van der Waals surface area contributed by atoms with Crippen molar-refractivity contribution < 1.29 is 4.74 Å². The summed E-state index contributed by atoms with van der Waals surface area (Å²) in [6.45, 7) is 3.66. The smallest absolute Gasteiger partial charge is 0.174 e. The Labute approximate surface area is 85.8 Å². The number of hydrogen-bond acceptors (Lipinski definition) is 3. The largest absolute Gasteiger partial charge is 0.469 e. The minimum atomic E-state index is 0.630. The Morgan fingerprint density at radius 2 is 2.54 bits per heavy atom. The van der Waals surface area contributed by atoms with Gasteiger partial charge in [-0.1, -0.05) is 15.9 Å². The van der Waals surface area contributed by atoms with Gasteiger partial charge in [0.2, 0.25) is 0 Å². The quantitative estimate of drug-likeness (QED) is 0.744. The van der Waals surface area contributed by atoms with Crippen LogP contribution in [0.3, 0.4) is 0 Å². The van der Waals surface area contributed by atoms with Gasteiger partial charge in [-0.15, -0.1) is 0 Å². The Hall–Kier alpha value is -0.770. The zero-order chi connectivity index (χ0) is 9.26. The summed E-state index contributed by atoms with van der Waals surface area (Å²) in [6.07, 6.45) is 1.88. The van der Waals surface area contributed by atoms with E-state index in [1.807, 2.05) is 12.3 Å². The van der Waals surface area contributed by atoms with Crippen LogP contribution in [0.2, 0.25) is 0 Å². The van der Waals surface area contributed by atoms with E-state index in [-0.39, 0.29) is 0 Å². The Morgan fingerprint density at radius 1 is 1.69 bits per heavy atom. The van der Waals surface area contributed by atoms with E-state index in [9.17, 15) is 0 Å². The molecule has 0 N–H and O–H groups in total. The van der Waals surface area contributed by atoms with Crippen LogP contribution >= 0.6 is 15.9 Å². The van der Waals surface area contributed by atoms with E-state index < -0.39 is 0 Å². The van der Waals surface area contributed by atoms with E-state index in [0.717, 1.165) is 29.0 Å². The number of alkyl halides is 1. The molecule has 0 radical (unpaired) electrons. The molecule has 1 aromatic heterocycles. The van der Waals surface area contributed by atoms with Gasteiger partial charge >= 0.3 is 0 Å². The van der Waals surface area contributed by atoms with Gasteiger partial charge in [-0.25, -0.2) is 4.98 Å². The topological polar surface area (TPSA) is 25.4 Å². The molecule has 2 rings (SSSR count). The van der Waals surface area contributed by atoms with Gasteiger partial charge in [0.15, 0.2) is 18.3 Å². The minimum Gasteiger partial charge on any atom is -0.469 e. The second-order valence-electron chi connectivity index (χ2n) is 2.93. The summed E-state index contributed by atoms with van der Waals surface area (Å²) in [5, 5.41) is 0.822. The van der Waals surface area contributed by atoms with E-state index in [1.165, 1.54) is 0 Å². The molecule has 1 aliphatic heterocycles. The average molecular weight is 243 g/mol. The molecule has 13 heavy (non-hydrogen) atoms. The van der Waals surface area contributed by atoms with Crippen LogP contribution in [-0.2, 0) is 5.33 Å². The summed E-state index contributed by atoms with van der Waals surface area (Å²) >= 11 is 3.39. The molecule has 1 aliphatic rings. The van der Waals surface area contributed by atoms with Gasteiger partial charge in [0.1, 0.15) is 0 Å². The summed E-state index contributed by atoms with van der Waals surface area (Å²) in [6, 6.07) is 2.03. The molecule has 0 atom stereocenters. The van der Waals surface area contributed by atoms with Crippen molar-refractivity contribution in [3.63, 3.8) is 0 Å². The molecule has 2 heterocycles. The molecule has 0 saturated carbocycles. The fourth-order valence-corrected chi connectivity index (χ4v) is 1.65. The van der Waals surface area contributed by atoms with Gasteiger partial charge in [-0.05, 0) is 18.6 Å². The fraction of sp³-hybridized carbons (Fsp3) is 0.444. The SMILES string of the molecule is CCN1COc2cc(CBr)cnc21. The Morgan fingerprint density at radius 3 is 3.23 bits per heavy atom. The van der Waals surface area contributed by atoms with Crippen LogP contribution in [0, 0.1) is 0 Å². The van der Waals surface area contributed by atoms with Gasteiger partial charge in [-0.3, -0.25) is 0 Å². The predicted molar refractivity (Wildman–Crippen MR) is 55.4 cm³/mol. The molecule has 0 aliphatic carbocycles. The fourth-order valence-electron chi connectivity index (χ4n) is 1.34. The number of aromatic nitrogens is 1. The molecule has 1 aromatic rings. The van der Waals surface area contributed by atoms with Crippen LogP contribution in [0.15, 0.2) is 12.3 Å². The second-order valence-corrected chi connectivity index (χ2v) is 3.49. The molecule has 70 valence electrons. The molecular formula is C9H11BrN2O. The van der Waals surface area contributed by atoms with Gasteiger partial charge in [0.05, 0.1) is 0 Å². The lowest BCUT2D eigenvalue weighted by molar-refractivity contribution is 0.348. The molecule has 0 aromatic carbocycles. The molecule has 0 saturated heterocycles. The third-order valence-electron chi connectivity index (χ3n) is 2.10. The summed E-state index contributed by atoms with van der Waals surface area (Å²) in [5.74, 6) is 1.87. The number of pyridine rings is 1. The molecule has 0 unspecified atom stereocenters. The Balaban J connectivity index is 2.34. The monoisotopic (exact) mass is 242 g/mol. The van der Waals surface area contributed by atoms with Crippen molar-refractivity contribution in [2.24, 2.45) is 0 Å². The van der Waals surface area contributed by atoms with E-state index in [0.29, 0.717) is 6.73 Å². The van der Waals surface area contributed by atoms with Crippen molar-refractivity contribution in [1.29, 1.82) is 0 Å². The van der Waals surface area contributed by atoms with Crippen LogP contribution in [0.5, 0.6) is 5.75 Å². The average Bonchev–Trinajstić information content (AvgIpc) is 2.59. The van der Waals surface area contributed by atoms with Crippen LogP contribution in [0.4, 0.5) is 5.82 Å². The molecule has 4 heteroatoms. The zero-order valence-corrected chi connectivity index (χ0v) is 9.04. The first-order valence-corrected chi connectivity index (χ1v) is 5.40. The van der Waals surface area contributed by atoms with E-state index in [2.05, 4.69) is 32.7 Å². The molecule has 0 spiro atoms. The minimum absolute atomic E-state index is 0.630. The first kappa shape index (κ1) is 8.81. The van der Waals surface area contributed by atoms with E-state index in [1.54, 1.807) is 0 Å². The lowest BCUT2D eigenvalue weighted by atomic mass is 10.3.